The summed E-state index contributed by atoms with van der Waals surface area (Å²) >= 11 is 8.85. The summed E-state index contributed by atoms with van der Waals surface area (Å²) in [4.78, 5) is 10.6. The fourth-order valence-electron chi connectivity index (χ4n) is 0.825. The highest BCUT2D eigenvalue weighted by Crippen LogP contribution is 2.23. The molecular formula is C6H6BrClN2O2. The van der Waals surface area contributed by atoms with Crippen LogP contribution in [0, 0.1) is 0 Å². The lowest BCUT2D eigenvalue weighted by Gasteiger charge is -2.29. The summed E-state index contributed by atoms with van der Waals surface area (Å²) in [5.41, 5.74) is 0. The molecule has 1 aliphatic rings. The SMILES string of the molecule is CN1C=C(Br)C=C(Cl)N1C(=O)O. The van der Waals surface area contributed by atoms with Crippen molar-refractivity contribution in [2.75, 3.05) is 7.05 Å². The minimum Gasteiger partial charge on any atom is -0.463 e. The fourth-order valence-corrected chi connectivity index (χ4v) is 1.78. The van der Waals surface area contributed by atoms with Gasteiger partial charge in [0, 0.05) is 17.7 Å². The van der Waals surface area contributed by atoms with Gasteiger partial charge in [-0.3, -0.25) is 5.01 Å². The third-order valence-electron chi connectivity index (χ3n) is 1.27. The molecule has 1 amide bonds. The van der Waals surface area contributed by atoms with Gasteiger partial charge in [-0.1, -0.05) is 11.6 Å². The largest absolute Gasteiger partial charge is 0.463 e. The van der Waals surface area contributed by atoms with Gasteiger partial charge in [0.25, 0.3) is 0 Å². The Labute approximate surface area is 82.8 Å². The van der Waals surface area contributed by atoms with E-state index in [4.69, 9.17) is 16.7 Å². The minimum absolute atomic E-state index is 0.138. The van der Waals surface area contributed by atoms with Crippen LogP contribution in [0.2, 0.25) is 0 Å². The molecule has 0 saturated carbocycles. The first-order chi connectivity index (χ1) is 5.52. The molecule has 1 rings (SSSR count). The first-order valence-electron chi connectivity index (χ1n) is 3.02. The van der Waals surface area contributed by atoms with E-state index >= 15 is 0 Å². The lowest BCUT2D eigenvalue weighted by Crippen LogP contribution is -2.39. The summed E-state index contributed by atoms with van der Waals surface area (Å²) in [6, 6.07) is 0. The maximum atomic E-state index is 10.6. The average molecular weight is 253 g/mol. The average Bonchev–Trinajstić information content (AvgIpc) is 1.82. The number of carbonyl (C=O) groups is 1. The molecule has 0 aromatic carbocycles. The minimum atomic E-state index is -1.12. The van der Waals surface area contributed by atoms with Crippen molar-refractivity contribution < 1.29 is 9.90 Å². The second kappa shape index (κ2) is 3.37. The molecule has 1 heterocycles. The van der Waals surface area contributed by atoms with Crippen LogP contribution in [-0.2, 0) is 0 Å². The van der Waals surface area contributed by atoms with Crippen LogP contribution >= 0.6 is 27.5 Å². The summed E-state index contributed by atoms with van der Waals surface area (Å²) in [5.74, 6) is 0. The molecule has 0 radical (unpaired) electrons. The quantitative estimate of drug-likeness (QED) is 0.673. The third kappa shape index (κ3) is 1.73. The van der Waals surface area contributed by atoms with Gasteiger partial charge in [0.2, 0.25) is 0 Å². The molecule has 1 N–H and O–H groups in total. The van der Waals surface area contributed by atoms with Gasteiger partial charge in [-0.05, 0) is 22.0 Å². The van der Waals surface area contributed by atoms with E-state index in [0.717, 1.165) is 9.49 Å². The molecule has 0 atom stereocenters. The highest BCUT2D eigenvalue weighted by atomic mass is 79.9. The molecule has 66 valence electrons. The topological polar surface area (TPSA) is 43.8 Å². The molecule has 1 aliphatic heterocycles. The van der Waals surface area contributed by atoms with Crippen LogP contribution in [0.5, 0.6) is 0 Å². The summed E-state index contributed by atoms with van der Waals surface area (Å²) in [6.07, 6.45) is 1.99. The van der Waals surface area contributed by atoms with Gasteiger partial charge in [0.15, 0.2) is 0 Å². The number of rotatable bonds is 0. The summed E-state index contributed by atoms with van der Waals surface area (Å²) in [7, 11) is 1.59. The Morgan fingerprint density at radius 2 is 2.33 bits per heavy atom. The Bertz CT molecular complexity index is 277. The Kier molecular flexibility index (Phi) is 2.64. The van der Waals surface area contributed by atoms with Crippen LogP contribution in [0.1, 0.15) is 0 Å². The van der Waals surface area contributed by atoms with E-state index in [2.05, 4.69) is 15.9 Å². The lowest BCUT2D eigenvalue weighted by molar-refractivity contribution is 0.0793. The zero-order valence-corrected chi connectivity index (χ0v) is 8.50. The van der Waals surface area contributed by atoms with Gasteiger partial charge < -0.3 is 5.11 Å². The standard InChI is InChI=1S/C6H6BrClN2O2/c1-9-3-4(7)2-5(8)10(9)6(11)12/h2-3H,1H3,(H,11,12). The van der Waals surface area contributed by atoms with E-state index < -0.39 is 6.09 Å². The van der Waals surface area contributed by atoms with Crippen molar-refractivity contribution in [3.05, 3.63) is 21.9 Å². The van der Waals surface area contributed by atoms with Crippen molar-refractivity contribution in [1.29, 1.82) is 0 Å². The molecular weight excluding hydrogens is 247 g/mol. The van der Waals surface area contributed by atoms with Gasteiger partial charge in [0.05, 0.1) is 0 Å². The zero-order valence-electron chi connectivity index (χ0n) is 6.16. The zero-order chi connectivity index (χ0) is 9.30. The summed E-state index contributed by atoms with van der Waals surface area (Å²) in [6.45, 7) is 0. The van der Waals surface area contributed by atoms with Crippen molar-refractivity contribution in [3.63, 3.8) is 0 Å². The molecule has 0 fully saturated rings. The highest BCUT2D eigenvalue weighted by Gasteiger charge is 2.22. The van der Waals surface area contributed by atoms with Crippen molar-refractivity contribution in [1.82, 2.24) is 10.0 Å². The number of hydrazine groups is 1. The first kappa shape index (κ1) is 9.41. The Morgan fingerprint density at radius 1 is 1.75 bits per heavy atom. The molecule has 0 bridgehead atoms. The molecule has 0 aliphatic carbocycles. The van der Waals surface area contributed by atoms with Crippen molar-refractivity contribution in [3.8, 4) is 0 Å². The van der Waals surface area contributed by atoms with Crippen molar-refractivity contribution in [2.45, 2.75) is 0 Å². The monoisotopic (exact) mass is 252 g/mol. The van der Waals surface area contributed by atoms with Crippen LogP contribution in [0.15, 0.2) is 21.9 Å². The molecule has 0 unspecified atom stereocenters. The van der Waals surface area contributed by atoms with E-state index in [1.54, 1.807) is 13.2 Å². The smallest absolute Gasteiger partial charge is 0.431 e. The Hall–Kier alpha value is -0.680. The van der Waals surface area contributed by atoms with Crippen molar-refractivity contribution in [2.24, 2.45) is 0 Å². The number of nitrogens with zero attached hydrogens (tertiary/aromatic N) is 2. The van der Waals surface area contributed by atoms with Crippen LogP contribution < -0.4 is 0 Å². The van der Waals surface area contributed by atoms with Gasteiger partial charge >= 0.3 is 6.09 Å². The summed E-state index contributed by atoms with van der Waals surface area (Å²) < 4.78 is 0.729. The predicted octanol–water partition coefficient (Wildman–Crippen LogP) is 2.14. The number of allylic oxidation sites excluding steroid dienone is 2. The number of carboxylic acid groups (broad SMARTS) is 1. The molecule has 0 aromatic heterocycles. The second-order valence-electron chi connectivity index (χ2n) is 2.15. The lowest BCUT2D eigenvalue weighted by atomic mass is 10.5. The number of amides is 1. The predicted molar refractivity (Wildman–Crippen MR) is 48.6 cm³/mol. The number of hydrogen-bond donors (Lipinski definition) is 1. The van der Waals surface area contributed by atoms with Gasteiger partial charge in [-0.2, -0.15) is 5.01 Å². The second-order valence-corrected chi connectivity index (χ2v) is 3.45. The van der Waals surface area contributed by atoms with Crippen LogP contribution in [0.3, 0.4) is 0 Å². The maximum Gasteiger partial charge on any atom is 0.431 e. The maximum absolute atomic E-state index is 10.6. The normalized spacial score (nSPS) is 17.2. The van der Waals surface area contributed by atoms with Gasteiger partial charge in [-0.15, -0.1) is 0 Å². The molecule has 6 heteroatoms. The van der Waals surface area contributed by atoms with E-state index in [-0.39, 0.29) is 5.16 Å². The van der Waals surface area contributed by atoms with E-state index in [1.807, 2.05) is 0 Å². The van der Waals surface area contributed by atoms with E-state index in [1.165, 1.54) is 11.1 Å². The van der Waals surface area contributed by atoms with Crippen LogP contribution in [0.4, 0.5) is 4.79 Å². The number of halogens is 2. The first-order valence-corrected chi connectivity index (χ1v) is 4.20. The Morgan fingerprint density at radius 3 is 2.75 bits per heavy atom. The third-order valence-corrected chi connectivity index (χ3v) is 1.97. The Balaban J connectivity index is 2.94. The summed E-state index contributed by atoms with van der Waals surface area (Å²) in [5, 5.41) is 11.1. The number of hydrogen-bond acceptors (Lipinski definition) is 2. The molecule has 0 spiro atoms. The highest BCUT2D eigenvalue weighted by molar-refractivity contribution is 9.11. The van der Waals surface area contributed by atoms with Gasteiger partial charge in [-0.25, -0.2) is 4.79 Å². The van der Waals surface area contributed by atoms with Crippen LogP contribution in [-0.4, -0.2) is 28.3 Å². The van der Waals surface area contributed by atoms with E-state index in [9.17, 15) is 4.79 Å². The fraction of sp³-hybridized carbons (Fsp3) is 0.167. The van der Waals surface area contributed by atoms with E-state index in [0.29, 0.717) is 0 Å². The van der Waals surface area contributed by atoms with Gasteiger partial charge in [0.1, 0.15) is 5.16 Å². The molecule has 0 aromatic rings. The van der Waals surface area contributed by atoms with Crippen LogP contribution in [0.25, 0.3) is 0 Å². The molecule has 0 saturated heterocycles. The van der Waals surface area contributed by atoms with Crippen molar-refractivity contribution >= 4 is 33.6 Å². The molecule has 12 heavy (non-hydrogen) atoms. The molecule has 4 nitrogen and oxygen atoms in total.